The second kappa shape index (κ2) is 7.09. The Labute approximate surface area is 120 Å². The highest BCUT2D eigenvalue weighted by Gasteiger charge is 2.35. The molecule has 0 bridgehead atoms. The molecular weight excluding hydrogens is 287 g/mol. The van der Waals surface area contributed by atoms with Crippen molar-refractivity contribution in [2.24, 2.45) is 0 Å². The molecule has 1 amide bonds. The number of hydrogen-bond donors (Lipinski definition) is 2. The van der Waals surface area contributed by atoms with Crippen molar-refractivity contribution in [1.82, 2.24) is 15.3 Å². The molecule has 0 aromatic carbocycles. The number of rotatable bonds is 6. The van der Waals surface area contributed by atoms with Gasteiger partial charge in [0, 0.05) is 39.7 Å². The molecule has 0 radical (unpaired) electrons. The van der Waals surface area contributed by atoms with Crippen molar-refractivity contribution in [1.29, 1.82) is 0 Å². The molecule has 1 aromatic heterocycles. The molecular formula is C12H18F3N5O. The van der Waals surface area contributed by atoms with Gasteiger partial charge in [-0.3, -0.25) is 4.79 Å². The van der Waals surface area contributed by atoms with Crippen molar-refractivity contribution >= 4 is 17.5 Å². The molecule has 0 spiro atoms. The van der Waals surface area contributed by atoms with Crippen LogP contribution in [0.4, 0.5) is 24.8 Å². The van der Waals surface area contributed by atoms with Gasteiger partial charge in [0.1, 0.15) is 11.6 Å². The smallest absolute Gasteiger partial charge is 0.370 e. The molecule has 21 heavy (non-hydrogen) atoms. The average molecular weight is 305 g/mol. The van der Waals surface area contributed by atoms with Gasteiger partial charge >= 0.3 is 6.18 Å². The molecule has 118 valence electrons. The summed E-state index contributed by atoms with van der Waals surface area (Å²) in [4.78, 5) is 19.6. The second-order valence-electron chi connectivity index (χ2n) is 4.31. The minimum Gasteiger partial charge on any atom is -0.370 e. The Morgan fingerprint density at radius 3 is 2.57 bits per heavy atom. The van der Waals surface area contributed by atoms with E-state index in [-0.39, 0.29) is 30.5 Å². The molecule has 0 aliphatic carbocycles. The van der Waals surface area contributed by atoms with Crippen LogP contribution in [0.25, 0.3) is 0 Å². The van der Waals surface area contributed by atoms with Gasteiger partial charge in [-0.15, -0.1) is 0 Å². The number of aromatic nitrogens is 2. The summed E-state index contributed by atoms with van der Waals surface area (Å²) in [6, 6.07) is 1.42. The molecule has 0 unspecified atom stereocenters. The van der Waals surface area contributed by atoms with Gasteiger partial charge in [-0.1, -0.05) is 0 Å². The lowest BCUT2D eigenvalue weighted by molar-refractivity contribution is -0.144. The molecule has 1 aromatic rings. The standard InChI is InChI=1S/C12H18F3N5O/c1-4-17-8-7-9(19-11(18-8)12(13,14)15)20(3)6-5-10(21)16-2/h7H,4-6H2,1-3H3,(H,16,21)(H,17,18,19). The number of alkyl halides is 3. The Hall–Kier alpha value is -2.06. The number of halogens is 3. The quantitative estimate of drug-likeness (QED) is 0.833. The highest BCUT2D eigenvalue weighted by atomic mass is 19.4. The van der Waals surface area contributed by atoms with Crippen LogP contribution in [-0.2, 0) is 11.0 Å². The minimum atomic E-state index is -4.62. The van der Waals surface area contributed by atoms with Gasteiger partial charge < -0.3 is 15.5 Å². The van der Waals surface area contributed by atoms with E-state index in [1.807, 2.05) is 0 Å². The normalized spacial score (nSPS) is 11.1. The third-order valence-corrected chi connectivity index (χ3v) is 2.67. The van der Waals surface area contributed by atoms with Gasteiger partial charge in [0.25, 0.3) is 0 Å². The molecule has 0 saturated carbocycles. The first-order valence-electron chi connectivity index (χ1n) is 6.39. The lowest BCUT2D eigenvalue weighted by Gasteiger charge is -2.19. The van der Waals surface area contributed by atoms with Crippen molar-refractivity contribution in [3.05, 3.63) is 11.9 Å². The first-order valence-corrected chi connectivity index (χ1v) is 6.39. The Morgan fingerprint density at radius 2 is 2.05 bits per heavy atom. The van der Waals surface area contributed by atoms with Crippen LogP contribution in [0.2, 0.25) is 0 Å². The van der Waals surface area contributed by atoms with E-state index in [4.69, 9.17) is 0 Å². The Bertz CT molecular complexity index is 492. The molecule has 1 rings (SSSR count). The molecule has 2 N–H and O–H groups in total. The molecule has 0 fully saturated rings. The van der Waals surface area contributed by atoms with Gasteiger partial charge in [0.05, 0.1) is 0 Å². The molecule has 0 atom stereocenters. The van der Waals surface area contributed by atoms with Crippen molar-refractivity contribution < 1.29 is 18.0 Å². The summed E-state index contributed by atoms with van der Waals surface area (Å²) in [7, 11) is 3.07. The van der Waals surface area contributed by atoms with Gasteiger partial charge in [-0.25, -0.2) is 9.97 Å². The lowest BCUT2D eigenvalue weighted by Crippen LogP contribution is -2.27. The van der Waals surface area contributed by atoms with Gasteiger partial charge in [-0.05, 0) is 6.92 Å². The summed E-state index contributed by atoms with van der Waals surface area (Å²) in [5.74, 6) is -1.19. The van der Waals surface area contributed by atoms with E-state index >= 15 is 0 Å². The Morgan fingerprint density at radius 1 is 1.38 bits per heavy atom. The number of nitrogens with one attached hydrogen (secondary N) is 2. The van der Waals surface area contributed by atoms with Crippen LogP contribution in [0.15, 0.2) is 6.07 Å². The van der Waals surface area contributed by atoms with Crippen molar-refractivity contribution in [3.63, 3.8) is 0 Å². The van der Waals surface area contributed by atoms with Crippen LogP contribution >= 0.6 is 0 Å². The summed E-state index contributed by atoms with van der Waals surface area (Å²) in [6.45, 7) is 2.44. The topological polar surface area (TPSA) is 70.2 Å². The van der Waals surface area contributed by atoms with E-state index in [1.54, 1.807) is 14.0 Å². The zero-order valence-electron chi connectivity index (χ0n) is 12.1. The third-order valence-electron chi connectivity index (χ3n) is 2.67. The van der Waals surface area contributed by atoms with Crippen LogP contribution in [0, 0.1) is 0 Å². The van der Waals surface area contributed by atoms with E-state index in [2.05, 4.69) is 20.6 Å². The van der Waals surface area contributed by atoms with E-state index < -0.39 is 12.0 Å². The lowest BCUT2D eigenvalue weighted by atomic mass is 10.3. The van der Waals surface area contributed by atoms with Gasteiger partial charge in [0.15, 0.2) is 0 Å². The predicted octanol–water partition coefficient (Wildman–Crippen LogP) is 1.50. The Balaban J connectivity index is 2.99. The van der Waals surface area contributed by atoms with Gasteiger partial charge in [0.2, 0.25) is 11.7 Å². The predicted molar refractivity (Wildman–Crippen MR) is 73.2 cm³/mol. The third kappa shape index (κ3) is 5.09. The Kier molecular flexibility index (Phi) is 5.74. The fourth-order valence-electron chi connectivity index (χ4n) is 1.54. The largest absolute Gasteiger partial charge is 0.451 e. The maximum Gasteiger partial charge on any atom is 0.451 e. The van der Waals surface area contributed by atoms with E-state index in [9.17, 15) is 18.0 Å². The minimum absolute atomic E-state index is 0.0987. The van der Waals surface area contributed by atoms with Gasteiger partial charge in [-0.2, -0.15) is 13.2 Å². The van der Waals surface area contributed by atoms with Crippen molar-refractivity contribution in [2.45, 2.75) is 19.5 Å². The summed E-state index contributed by atoms with van der Waals surface area (Å²) in [5, 5.41) is 5.18. The summed E-state index contributed by atoms with van der Waals surface area (Å²) < 4.78 is 38.4. The molecule has 6 nitrogen and oxygen atoms in total. The van der Waals surface area contributed by atoms with E-state index in [1.165, 1.54) is 18.0 Å². The van der Waals surface area contributed by atoms with E-state index in [0.717, 1.165) is 0 Å². The zero-order chi connectivity index (χ0) is 16.0. The fraction of sp³-hybridized carbons (Fsp3) is 0.583. The zero-order valence-corrected chi connectivity index (χ0v) is 12.1. The van der Waals surface area contributed by atoms with Crippen LogP contribution < -0.4 is 15.5 Å². The molecule has 0 aliphatic heterocycles. The molecule has 9 heteroatoms. The van der Waals surface area contributed by atoms with Crippen LogP contribution in [0.5, 0.6) is 0 Å². The van der Waals surface area contributed by atoms with Crippen molar-refractivity contribution in [3.8, 4) is 0 Å². The summed E-state index contributed by atoms with van der Waals surface area (Å²) >= 11 is 0. The first-order chi connectivity index (χ1) is 9.77. The van der Waals surface area contributed by atoms with Crippen LogP contribution in [0.1, 0.15) is 19.2 Å². The SMILES string of the molecule is CCNc1cc(N(C)CCC(=O)NC)nc(C(F)(F)F)n1. The number of hydrogen-bond acceptors (Lipinski definition) is 5. The maximum absolute atomic E-state index is 12.8. The highest BCUT2D eigenvalue weighted by molar-refractivity contribution is 5.76. The second-order valence-corrected chi connectivity index (χ2v) is 4.31. The molecule has 0 saturated heterocycles. The number of anilines is 2. The van der Waals surface area contributed by atoms with Crippen LogP contribution in [0.3, 0.4) is 0 Å². The van der Waals surface area contributed by atoms with Crippen LogP contribution in [-0.4, -0.2) is 43.1 Å². The summed E-state index contributed by atoms with van der Waals surface area (Å²) in [6.07, 6.45) is -4.46. The summed E-state index contributed by atoms with van der Waals surface area (Å²) in [5.41, 5.74) is 0. The number of nitrogens with zero attached hydrogens (tertiary/aromatic N) is 3. The van der Waals surface area contributed by atoms with E-state index in [0.29, 0.717) is 6.54 Å². The monoisotopic (exact) mass is 305 g/mol. The maximum atomic E-state index is 12.8. The number of carbonyl (C=O) groups excluding carboxylic acids is 1. The molecule has 1 heterocycles. The highest BCUT2D eigenvalue weighted by Crippen LogP contribution is 2.29. The fourth-order valence-corrected chi connectivity index (χ4v) is 1.54. The average Bonchev–Trinajstić information content (AvgIpc) is 2.43. The van der Waals surface area contributed by atoms with Crippen molar-refractivity contribution in [2.75, 3.05) is 37.4 Å². The number of amides is 1. The molecule has 0 aliphatic rings. The first kappa shape index (κ1) is 17.0. The number of carbonyl (C=O) groups is 1.